The van der Waals surface area contributed by atoms with Gasteiger partial charge in [-0.3, -0.25) is 14.6 Å². The molecule has 0 bridgehead atoms. The Hall–Kier alpha value is -2.89. The molecule has 0 atom stereocenters. The van der Waals surface area contributed by atoms with E-state index in [2.05, 4.69) is 27.9 Å². The van der Waals surface area contributed by atoms with Crippen LogP contribution in [0.25, 0.3) is 0 Å². The molecule has 0 aliphatic carbocycles. The Morgan fingerprint density at radius 2 is 1.65 bits per heavy atom. The predicted octanol–water partition coefficient (Wildman–Crippen LogP) is 3.11. The summed E-state index contributed by atoms with van der Waals surface area (Å²) in [6.07, 6.45) is 4.21. The standard InChI is InChI=1S/C17H20N4O2/c1-3-8-19-16-9-13(10-18-11-16)17(23)21-15-6-4-14(5-7-15)20-12(2)22/h4-7,9-11,19H,3,8H2,1-2H3,(H,20,22)(H,21,23). The number of benzene rings is 1. The Morgan fingerprint density at radius 3 is 2.26 bits per heavy atom. The summed E-state index contributed by atoms with van der Waals surface area (Å²) in [4.78, 5) is 27.3. The largest absolute Gasteiger partial charge is 0.384 e. The lowest BCUT2D eigenvalue weighted by Gasteiger charge is -2.09. The highest BCUT2D eigenvalue weighted by Crippen LogP contribution is 2.15. The van der Waals surface area contributed by atoms with E-state index in [1.165, 1.54) is 13.1 Å². The van der Waals surface area contributed by atoms with E-state index in [4.69, 9.17) is 0 Å². The Labute approximate surface area is 135 Å². The minimum absolute atomic E-state index is 0.135. The molecule has 2 amide bonds. The molecule has 0 unspecified atom stereocenters. The van der Waals surface area contributed by atoms with Gasteiger partial charge in [-0.25, -0.2) is 0 Å². The van der Waals surface area contributed by atoms with Gasteiger partial charge in [-0.05, 0) is 36.8 Å². The molecular formula is C17H20N4O2. The van der Waals surface area contributed by atoms with Gasteiger partial charge in [0.15, 0.2) is 0 Å². The second-order valence-corrected chi connectivity index (χ2v) is 5.10. The van der Waals surface area contributed by atoms with E-state index < -0.39 is 0 Å². The molecule has 3 N–H and O–H groups in total. The van der Waals surface area contributed by atoms with Crippen LogP contribution in [-0.4, -0.2) is 23.3 Å². The van der Waals surface area contributed by atoms with Crippen LogP contribution in [0.1, 0.15) is 30.6 Å². The lowest BCUT2D eigenvalue weighted by Crippen LogP contribution is -2.13. The van der Waals surface area contributed by atoms with Gasteiger partial charge < -0.3 is 16.0 Å². The van der Waals surface area contributed by atoms with Crippen LogP contribution in [0, 0.1) is 0 Å². The minimum atomic E-state index is -0.232. The summed E-state index contributed by atoms with van der Waals surface area (Å²) in [5, 5.41) is 8.67. The van der Waals surface area contributed by atoms with Crippen molar-refractivity contribution in [2.75, 3.05) is 22.5 Å². The number of amides is 2. The number of nitrogens with one attached hydrogen (secondary N) is 3. The van der Waals surface area contributed by atoms with Gasteiger partial charge in [-0.15, -0.1) is 0 Å². The van der Waals surface area contributed by atoms with Crippen molar-refractivity contribution in [1.82, 2.24) is 4.98 Å². The van der Waals surface area contributed by atoms with Crippen LogP contribution in [0.4, 0.5) is 17.1 Å². The quantitative estimate of drug-likeness (QED) is 0.765. The number of hydrogen-bond acceptors (Lipinski definition) is 4. The summed E-state index contributed by atoms with van der Waals surface area (Å²) in [5.41, 5.74) is 2.64. The van der Waals surface area contributed by atoms with Crippen LogP contribution in [-0.2, 0) is 4.79 Å². The molecule has 0 radical (unpaired) electrons. The number of nitrogens with zero attached hydrogens (tertiary/aromatic N) is 1. The number of aromatic nitrogens is 1. The monoisotopic (exact) mass is 312 g/mol. The fourth-order valence-electron chi connectivity index (χ4n) is 1.97. The highest BCUT2D eigenvalue weighted by Gasteiger charge is 2.07. The van der Waals surface area contributed by atoms with Crippen molar-refractivity contribution in [2.24, 2.45) is 0 Å². The molecule has 2 rings (SSSR count). The molecule has 120 valence electrons. The SMILES string of the molecule is CCCNc1cncc(C(=O)Nc2ccc(NC(C)=O)cc2)c1. The molecule has 0 saturated heterocycles. The van der Waals surface area contributed by atoms with Gasteiger partial charge >= 0.3 is 0 Å². The third-order valence-corrected chi connectivity index (χ3v) is 3.04. The molecule has 0 saturated carbocycles. The Kier molecular flexibility index (Phi) is 5.68. The van der Waals surface area contributed by atoms with Crippen molar-refractivity contribution in [1.29, 1.82) is 0 Å². The number of anilines is 3. The first-order chi connectivity index (χ1) is 11.1. The summed E-state index contributed by atoms with van der Waals surface area (Å²) in [5.74, 6) is -0.367. The number of rotatable bonds is 6. The fraction of sp³-hybridized carbons (Fsp3) is 0.235. The Balaban J connectivity index is 2.02. The Morgan fingerprint density at radius 1 is 1.00 bits per heavy atom. The molecule has 0 aliphatic heterocycles. The predicted molar refractivity (Wildman–Crippen MR) is 91.7 cm³/mol. The van der Waals surface area contributed by atoms with E-state index in [-0.39, 0.29) is 11.8 Å². The van der Waals surface area contributed by atoms with Gasteiger partial charge in [0.05, 0.1) is 11.3 Å². The maximum absolute atomic E-state index is 12.3. The number of carbonyl (C=O) groups excluding carboxylic acids is 2. The molecule has 6 heteroatoms. The Bertz CT molecular complexity index is 683. The molecule has 6 nitrogen and oxygen atoms in total. The lowest BCUT2D eigenvalue weighted by molar-refractivity contribution is -0.114. The van der Waals surface area contributed by atoms with Gasteiger partial charge in [0.25, 0.3) is 5.91 Å². The first-order valence-corrected chi connectivity index (χ1v) is 7.46. The van der Waals surface area contributed by atoms with Crippen molar-refractivity contribution < 1.29 is 9.59 Å². The first kappa shape index (κ1) is 16.5. The number of hydrogen-bond donors (Lipinski definition) is 3. The molecule has 23 heavy (non-hydrogen) atoms. The average Bonchev–Trinajstić information content (AvgIpc) is 2.54. The van der Waals surface area contributed by atoms with E-state index in [9.17, 15) is 9.59 Å². The number of pyridine rings is 1. The maximum atomic E-state index is 12.3. The van der Waals surface area contributed by atoms with Crippen molar-refractivity contribution in [2.45, 2.75) is 20.3 Å². The normalized spacial score (nSPS) is 10.0. The van der Waals surface area contributed by atoms with Gasteiger partial charge in [0, 0.05) is 37.2 Å². The van der Waals surface area contributed by atoms with Crippen LogP contribution in [0.5, 0.6) is 0 Å². The van der Waals surface area contributed by atoms with Gasteiger partial charge in [0.1, 0.15) is 0 Å². The highest BCUT2D eigenvalue weighted by atomic mass is 16.2. The van der Waals surface area contributed by atoms with Crippen LogP contribution < -0.4 is 16.0 Å². The van der Waals surface area contributed by atoms with E-state index >= 15 is 0 Å². The zero-order valence-corrected chi connectivity index (χ0v) is 13.2. The topological polar surface area (TPSA) is 83.1 Å². The second kappa shape index (κ2) is 7.93. The van der Waals surface area contributed by atoms with Gasteiger partial charge in [-0.2, -0.15) is 0 Å². The summed E-state index contributed by atoms with van der Waals surface area (Å²) >= 11 is 0. The van der Waals surface area contributed by atoms with E-state index in [0.29, 0.717) is 16.9 Å². The van der Waals surface area contributed by atoms with E-state index in [1.807, 2.05) is 0 Å². The van der Waals surface area contributed by atoms with Crippen molar-refractivity contribution in [3.63, 3.8) is 0 Å². The van der Waals surface area contributed by atoms with E-state index in [1.54, 1.807) is 36.5 Å². The second-order valence-electron chi connectivity index (χ2n) is 5.10. The zero-order valence-electron chi connectivity index (χ0n) is 13.2. The molecule has 0 aliphatic rings. The van der Waals surface area contributed by atoms with Crippen molar-refractivity contribution >= 4 is 28.9 Å². The van der Waals surface area contributed by atoms with Gasteiger partial charge in [0.2, 0.25) is 5.91 Å². The average molecular weight is 312 g/mol. The minimum Gasteiger partial charge on any atom is -0.384 e. The van der Waals surface area contributed by atoms with E-state index in [0.717, 1.165) is 18.7 Å². The molecule has 2 aromatic rings. The third-order valence-electron chi connectivity index (χ3n) is 3.04. The van der Waals surface area contributed by atoms with Crippen LogP contribution in [0.15, 0.2) is 42.7 Å². The smallest absolute Gasteiger partial charge is 0.257 e. The highest BCUT2D eigenvalue weighted by molar-refractivity contribution is 6.04. The lowest BCUT2D eigenvalue weighted by atomic mass is 10.2. The summed E-state index contributed by atoms with van der Waals surface area (Å²) in [6.45, 7) is 4.35. The molecule has 0 spiro atoms. The summed E-state index contributed by atoms with van der Waals surface area (Å²) in [6, 6.07) is 8.69. The molecular weight excluding hydrogens is 292 g/mol. The first-order valence-electron chi connectivity index (χ1n) is 7.46. The van der Waals surface area contributed by atoms with Crippen LogP contribution >= 0.6 is 0 Å². The zero-order chi connectivity index (χ0) is 16.7. The van der Waals surface area contributed by atoms with Gasteiger partial charge in [-0.1, -0.05) is 6.92 Å². The molecule has 1 aromatic carbocycles. The van der Waals surface area contributed by atoms with Crippen molar-refractivity contribution in [3.05, 3.63) is 48.3 Å². The van der Waals surface area contributed by atoms with Crippen LogP contribution in [0.3, 0.4) is 0 Å². The summed E-state index contributed by atoms with van der Waals surface area (Å²) in [7, 11) is 0. The fourth-order valence-corrected chi connectivity index (χ4v) is 1.97. The van der Waals surface area contributed by atoms with Crippen molar-refractivity contribution in [3.8, 4) is 0 Å². The van der Waals surface area contributed by atoms with Crippen LogP contribution in [0.2, 0.25) is 0 Å². The third kappa shape index (κ3) is 5.10. The molecule has 0 fully saturated rings. The molecule has 1 heterocycles. The molecule has 1 aromatic heterocycles. The summed E-state index contributed by atoms with van der Waals surface area (Å²) < 4.78 is 0. The number of carbonyl (C=O) groups is 2. The maximum Gasteiger partial charge on any atom is 0.257 e.